The molecule has 0 fully saturated rings. The number of hydrogen-bond acceptors (Lipinski definition) is 2. The van der Waals surface area contributed by atoms with Crippen LogP contribution in [-0.4, -0.2) is 12.0 Å². The van der Waals surface area contributed by atoms with Crippen LogP contribution in [-0.2, 0) is 4.79 Å². The van der Waals surface area contributed by atoms with E-state index in [1.54, 1.807) is 6.92 Å². The maximum atomic E-state index is 12.3. The summed E-state index contributed by atoms with van der Waals surface area (Å²) in [6.07, 6.45) is -0.600. The predicted octanol–water partition coefficient (Wildman–Crippen LogP) is 5.23. The number of ether oxygens (including phenoxy) is 1. The third kappa shape index (κ3) is 4.34. The van der Waals surface area contributed by atoms with Gasteiger partial charge in [0.15, 0.2) is 6.10 Å². The van der Waals surface area contributed by atoms with Crippen LogP contribution >= 0.6 is 31.9 Å². The van der Waals surface area contributed by atoms with Crippen LogP contribution in [0.15, 0.2) is 45.3 Å². The highest BCUT2D eigenvalue weighted by atomic mass is 79.9. The lowest BCUT2D eigenvalue weighted by molar-refractivity contribution is -0.122. The van der Waals surface area contributed by atoms with Crippen molar-refractivity contribution in [3.63, 3.8) is 0 Å². The molecule has 2 rings (SSSR count). The number of hydrogen-bond donors (Lipinski definition) is 1. The van der Waals surface area contributed by atoms with Gasteiger partial charge in [-0.25, -0.2) is 0 Å². The zero-order chi connectivity index (χ0) is 16.3. The Hall–Kier alpha value is -1.33. The minimum absolute atomic E-state index is 0.177. The highest BCUT2D eigenvalue weighted by molar-refractivity contribution is 9.11. The van der Waals surface area contributed by atoms with Crippen molar-refractivity contribution < 1.29 is 9.53 Å². The van der Waals surface area contributed by atoms with Gasteiger partial charge in [0.05, 0.1) is 4.47 Å². The molecule has 0 aliphatic carbocycles. The van der Waals surface area contributed by atoms with Crippen LogP contribution < -0.4 is 10.1 Å². The van der Waals surface area contributed by atoms with E-state index in [9.17, 15) is 4.79 Å². The number of benzene rings is 2. The summed E-state index contributed by atoms with van der Waals surface area (Å²) in [6.45, 7) is 5.69. The Morgan fingerprint density at radius 1 is 1.14 bits per heavy atom. The number of aryl methyl sites for hydroxylation is 2. The van der Waals surface area contributed by atoms with Crippen LogP contribution in [0.2, 0.25) is 0 Å². The normalized spacial score (nSPS) is 11.9. The van der Waals surface area contributed by atoms with Gasteiger partial charge in [-0.2, -0.15) is 0 Å². The lowest BCUT2D eigenvalue weighted by Crippen LogP contribution is -2.30. The van der Waals surface area contributed by atoms with E-state index in [1.165, 1.54) is 0 Å². The molecule has 0 saturated carbocycles. The van der Waals surface area contributed by atoms with Crippen molar-refractivity contribution in [3.8, 4) is 5.75 Å². The Balaban J connectivity index is 2.07. The van der Waals surface area contributed by atoms with Gasteiger partial charge in [-0.3, -0.25) is 4.79 Å². The Morgan fingerprint density at radius 2 is 1.86 bits per heavy atom. The number of rotatable bonds is 4. The predicted molar refractivity (Wildman–Crippen MR) is 96.5 cm³/mol. The molecule has 1 atom stereocenters. The summed E-state index contributed by atoms with van der Waals surface area (Å²) in [5, 5.41) is 2.91. The van der Waals surface area contributed by atoms with Crippen molar-refractivity contribution in [2.75, 3.05) is 5.32 Å². The maximum absolute atomic E-state index is 12.3. The van der Waals surface area contributed by atoms with Gasteiger partial charge in [0.25, 0.3) is 5.91 Å². The molecule has 2 aromatic rings. The number of carbonyl (C=O) groups is 1. The molecule has 1 amide bonds. The topological polar surface area (TPSA) is 38.3 Å². The third-order valence-electron chi connectivity index (χ3n) is 3.22. The molecule has 1 N–H and O–H groups in total. The fraction of sp³-hybridized carbons (Fsp3) is 0.235. The largest absolute Gasteiger partial charge is 0.480 e. The number of carbonyl (C=O) groups excluding carboxylic acids is 1. The van der Waals surface area contributed by atoms with E-state index in [2.05, 4.69) is 37.2 Å². The van der Waals surface area contributed by atoms with Crippen LogP contribution in [0.1, 0.15) is 18.1 Å². The van der Waals surface area contributed by atoms with Gasteiger partial charge < -0.3 is 10.1 Å². The summed E-state index contributed by atoms with van der Waals surface area (Å²) in [6, 6.07) is 11.5. The highest BCUT2D eigenvalue weighted by Crippen LogP contribution is 2.29. The van der Waals surface area contributed by atoms with Gasteiger partial charge >= 0.3 is 0 Å². The summed E-state index contributed by atoms with van der Waals surface area (Å²) < 4.78 is 7.47. The van der Waals surface area contributed by atoms with Crippen molar-refractivity contribution in [2.45, 2.75) is 26.9 Å². The third-order valence-corrected chi connectivity index (χ3v) is 4.33. The van der Waals surface area contributed by atoms with Crippen LogP contribution in [0.3, 0.4) is 0 Å². The maximum Gasteiger partial charge on any atom is 0.265 e. The van der Waals surface area contributed by atoms with Crippen molar-refractivity contribution in [1.29, 1.82) is 0 Å². The molecule has 5 heteroatoms. The van der Waals surface area contributed by atoms with Gasteiger partial charge in [0, 0.05) is 10.2 Å². The van der Waals surface area contributed by atoms with Gasteiger partial charge in [-0.1, -0.05) is 28.1 Å². The molecule has 3 nitrogen and oxygen atoms in total. The zero-order valence-corrected chi connectivity index (χ0v) is 15.8. The summed E-state index contributed by atoms with van der Waals surface area (Å²) in [7, 11) is 0. The average molecular weight is 427 g/mol. The van der Waals surface area contributed by atoms with E-state index in [0.717, 1.165) is 25.8 Å². The zero-order valence-electron chi connectivity index (χ0n) is 12.6. The molecule has 0 aromatic heterocycles. The summed E-state index contributed by atoms with van der Waals surface area (Å²) >= 11 is 6.81. The summed E-state index contributed by atoms with van der Waals surface area (Å²) in [4.78, 5) is 12.3. The molecular formula is C17H17Br2NO2. The van der Waals surface area contributed by atoms with E-state index in [-0.39, 0.29) is 5.91 Å². The van der Waals surface area contributed by atoms with E-state index in [0.29, 0.717) is 5.75 Å². The van der Waals surface area contributed by atoms with E-state index < -0.39 is 6.10 Å². The Kier molecular flexibility index (Phi) is 5.64. The number of amides is 1. The first-order valence-electron chi connectivity index (χ1n) is 6.86. The van der Waals surface area contributed by atoms with E-state index in [4.69, 9.17) is 4.74 Å². The van der Waals surface area contributed by atoms with Crippen LogP contribution in [0.5, 0.6) is 5.75 Å². The summed E-state index contributed by atoms with van der Waals surface area (Å²) in [5.74, 6) is 0.454. The monoisotopic (exact) mass is 425 g/mol. The Bertz CT molecular complexity index is 701. The molecule has 2 aromatic carbocycles. The average Bonchev–Trinajstić information content (AvgIpc) is 2.45. The van der Waals surface area contributed by atoms with E-state index >= 15 is 0 Å². The second-order valence-corrected chi connectivity index (χ2v) is 6.91. The second-order valence-electron chi connectivity index (χ2n) is 5.14. The Morgan fingerprint density at radius 3 is 2.55 bits per heavy atom. The molecule has 0 aliphatic rings. The summed E-state index contributed by atoms with van der Waals surface area (Å²) in [5.41, 5.74) is 2.94. The van der Waals surface area contributed by atoms with Gasteiger partial charge in [-0.05, 0) is 72.1 Å². The number of nitrogens with one attached hydrogen (secondary N) is 1. The van der Waals surface area contributed by atoms with Gasteiger partial charge in [0.2, 0.25) is 0 Å². The molecule has 0 heterocycles. The first-order valence-corrected chi connectivity index (χ1v) is 8.45. The molecule has 0 aliphatic heterocycles. The minimum Gasteiger partial charge on any atom is -0.480 e. The molecular weight excluding hydrogens is 410 g/mol. The fourth-order valence-electron chi connectivity index (χ4n) is 1.92. The molecule has 0 radical (unpaired) electrons. The fourth-order valence-corrected chi connectivity index (χ4v) is 3.06. The van der Waals surface area contributed by atoms with Gasteiger partial charge in [-0.15, -0.1) is 0 Å². The highest BCUT2D eigenvalue weighted by Gasteiger charge is 2.17. The molecule has 116 valence electrons. The number of anilines is 1. The van der Waals surface area contributed by atoms with Crippen molar-refractivity contribution >= 4 is 43.5 Å². The number of halogens is 2. The van der Waals surface area contributed by atoms with E-state index in [1.807, 2.05) is 50.2 Å². The molecule has 0 unspecified atom stereocenters. The van der Waals surface area contributed by atoms with Crippen LogP contribution in [0.4, 0.5) is 5.69 Å². The van der Waals surface area contributed by atoms with Crippen LogP contribution in [0.25, 0.3) is 0 Å². The molecule has 0 spiro atoms. The first-order chi connectivity index (χ1) is 10.4. The lowest BCUT2D eigenvalue weighted by Gasteiger charge is -2.17. The minimum atomic E-state index is -0.600. The van der Waals surface area contributed by atoms with Crippen molar-refractivity contribution in [2.24, 2.45) is 0 Å². The second kappa shape index (κ2) is 7.29. The van der Waals surface area contributed by atoms with Gasteiger partial charge in [0.1, 0.15) is 5.75 Å². The molecule has 22 heavy (non-hydrogen) atoms. The smallest absolute Gasteiger partial charge is 0.265 e. The standard InChI is InChI=1S/C17H17Br2NO2/c1-10-4-5-11(2)15(8-10)20-17(21)12(3)22-16-7-6-13(18)9-14(16)19/h4-9,12H,1-3H3,(H,20,21)/t12-/m0/s1. The Labute approximate surface area is 147 Å². The van der Waals surface area contributed by atoms with Crippen LogP contribution in [0, 0.1) is 13.8 Å². The first kappa shape index (κ1) is 17.0. The lowest BCUT2D eigenvalue weighted by atomic mass is 10.1. The molecule has 0 bridgehead atoms. The SMILES string of the molecule is Cc1ccc(C)c(NC(=O)[C@H](C)Oc2ccc(Br)cc2Br)c1. The molecule has 0 saturated heterocycles. The van der Waals surface area contributed by atoms with Crippen molar-refractivity contribution in [3.05, 3.63) is 56.5 Å². The van der Waals surface area contributed by atoms with Crippen molar-refractivity contribution in [1.82, 2.24) is 0 Å². The quantitative estimate of drug-likeness (QED) is 0.726.